The van der Waals surface area contributed by atoms with Crippen LogP contribution in [-0.4, -0.2) is 41.4 Å². The molecule has 0 amide bonds. The Morgan fingerprint density at radius 3 is 2.75 bits per heavy atom. The van der Waals surface area contributed by atoms with Crippen LogP contribution in [0, 0.1) is 0 Å². The van der Waals surface area contributed by atoms with Crippen LogP contribution in [0.2, 0.25) is 5.02 Å². The summed E-state index contributed by atoms with van der Waals surface area (Å²) in [6.07, 6.45) is 6.24. The molecule has 1 N–H and O–H groups in total. The lowest BCUT2D eigenvalue weighted by atomic mass is 10.2. The monoisotopic (exact) mass is 482 g/mol. The quantitative estimate of drug-likeness (QED) is 0.236. The molecule has 3 rings (SSSR count). The third kappa shape index (κ3) is 7.18. The first kappa shape index (κ1) is 24.0. The number of hydrogen-bond acceptors (Lipinski definition) is 7. The number of hydrogen-bond donors (Lipinski definition) is 1. The molecule has 11 heteroatoms. The van der Waals surface area contributed by atoms with Gasteiger partial charge in [-0.15, -0.1) is 0 Å². The van der Waals surface area contributed by atoms with Gasteiger partial charge in [-0.25, -0.2) is 18.0 Å². The van der Waals surface area contributed by atoms with E-state index in [0.29, 0.717) is 39.7 Å². The number of halogens is 1. The number of benzene rings is 1. The number of carboxylic acid groups (broad SMARTS) is 1. The molecule has 0 unspecified atom stereocenters. The van der Waals surface area contributed by atoms with E-state index in [9.17, 15) is 17.8 Å². The van der Waals surface area contributed by atoms with Crippen LogP contribution in [0.25, 0.3) is 22.6 Å². The van der Waals surface area contributed by atoms with Crippen LogP contribution in [0.5, 0.6) is 5.75 Å². The van der Waals surface area contributed by atoms with Crippen LogP contribution in [0.4, 0.5) is 0 Å². The maximum Gasteiger partial charge on any atom is 0.303 e. The summed E-state index contributed by atoms with van der Waals surface area (Å²) in [5, 5.41) is 9.14. The lowest BCUT2D eigenvalue weighted by Gasteiger charge is -2.08. The highest BCUT2D eigenvalue weighted by atomic mass is 35.5. The molecule has 1 aromatic carbocycles. The maximum atomic E-state index is 10.6. The molecule has 9 nitrogen and oxygen atoms in total. The second-order valence-electron chi connectivity index (χ2n) is 7.26. The molecule has 0 spiro atoms. The van der Waals surface area contributed by atoms with Gasteiger partial charge in [0.25, 0.3) is 0 Å². The van der Waals surface area contributed by atoms with Crippen LogP contribution in [0.1, 0.15) is 32.1 Å². The Hall–Kier alpha value is -2.69. The molecule has 2 heterocycles. The van der Waals surface area contributed by atoms with Crippen LogP contribution < -0.4 is 9.30 Å². The van der Waals surface area contributed by atoms with Gasteiger partial charge in [-0.1, -0.05) is 11.6 Å². The molecule has 0 radical (unpaired) electrons. The second-order valence-corrected chi connectivity index (χ2v) is 9.19. The van der Waals surface area contributed by atoms with Crippen molar-refractivity contribution < 1.29 is 36.6 Å². The summed E-state index contributed by atoms with van der Waals surface area (Å²) >= 11 is 6.43. The average molecular weight is 483 g/mol. The number of aromatic nitrogens is 2. The fourth-order valence-corrected chi connectivity index (χ4v) is 3.84. The van der Waals surface area contributed by atoms with Crippen molar-refractivity contribution in [2.75, 3.05) is 12.4 Å². The van der Waals surface area contributed by atoms with Gasteiger partial charge in [-0.05, 0) is 31.4 Å². The third-order valence-corrected chi connectivity index (χ3v) is 5.76. The Labute approximate surface area is 190 Å². The third-order valence-electron chi connectivity index (χ3n) is 4.67. The zero-order chi connectivity index (χ0) is 23.1. The van der Waals surface area contributed by atoms with E-state index in [4.69, 9.17) is 25.9 Å². The highest BCUT2D eigenvalue weighted by Gasteiger charge is 2.16. The molecule has 0 saturated heterocycles. The standard InChI is InChI=1S/C21H23ClN2O7S/c22-17-14-24(9-3-1-2-5-20(25)26)10-8-16(17)21-23-18-7-6-15(13-19(18)31-21)30-11-4-12-32(27,28)29/h6-8,10,13-14H,1-5,9,11-12H2,(H-,25,26,27,28,29). The van der Waals surface area contributed by atoms with Gasteiger partial charge < -0.3 is 18.8 Å². The molecular formula is C21H23ClN2O7S. The van der Waals surface area contributed by atoms with Gasteiger partial charge in [0.05, 0.1) is 22.3 Å². The molecule has 0 bridgehead atoms. The highest BCUT2D eigenvalue weighted by Crippen LogP contribution is 2.30. The number of aryl methyl sites for hydroxylation is 1. The number of carbonyl (C=O) groups is 1. The second kappa shape index (κ2) is 10.8. The first-order valence-corrected chi connectivity index (χ1v) is 12.0. The van der Waals surface area contributed by atoms with E-state index in [1.54, 1.807) is 24.4 Å². The molecule has 0 aliphatic carbocycles. The Kier molecular flexibility index (Phi) is 8.05. The molecule has 32 heavy (non-hydrogen) atoms. The lowest BCUT2D eigenvalue weighted by Crippen LogP contribution is -2.32. The fourth-order valence-electron chi connectivity index (χ4n) is 3.10. The summed E-state index contributed by atoms with van der Waals surface area (Å²) in [4.78, 5) is 15.0. The van der Waals surface area contributed by atoms with E-state index in [0.717, 1.165) is 19.4 Å². The number of carboxylic acids is 1. The van der Waals surface area contributed by atoms with E-state index in [1.807, 2.05) is 16.8 Å². The molecule has 0 fully saturated rings. The van der Waals surface area contributed by atoms with Gasteiger partial charge in [0, 0.05) is 30.7 Å². The number of oxazole rings is 1. The van der Waals surface area contributed by atoms with Crippen molar-refractivity contribution in [3.8, 4) is 17.2 Å². The van der Waals surface area contributed by atoms with Crippen molar-refractivity contribution in [3.05, 3.63) is 41.7 Å². The van der Waals surface area contributed by atoms with Gasteiger partial charge in [0.2, 0.25) is 5.89 Å². The first-order valence-electron chi connectivity index (χ1n) is 10.1. The predicted molar refractivity (Wildman–Crippen MR) is 115 cm³/mol. The Bertz CT molecular complexity index is 1190. The summed E-state index contributed by atoms with van der Waals surface area (Å²) in [6.45, 7) is 0.816. The normalized spacial score (nSPS) is 11.7. The summed E-state index contributed by atoms with van der Waals surface area (Å²) in [6, 6.07) is 6.86. The SMILES string of the molecule is O=C(O)CCCCC[n+]1ccc(-c2nc3ccc(OCCCS(=O)(=O)[O-])cc3o2)c(Cl)c1. The number of rotatable bonds is 12. The van der Waals surface area contributed by atoms with E-state index in [-0.39, 0.29) is 19.4 Å². The topological polar surface area (TPSA) is 134 Å². The van der Waals surface area contributed by atoms with Crippen LogP contribution in [-0.2, 0) is 21.5 Å². The zero-order valence-electron chi connectivity index (χ0n) is 17.2. The number of fused-ring (bicyclic) bond motifs is 1. The smallest absolute Gasteiger partial charge is 0.303 e. The molecule has 0 saturated carbocycles. The van der Waals surface area contributed by atoms with Crippen LogP contribution in [0.3, 0.4) is 0 Å². The number of nitrogens with zero attached hydrogens (tertiary/aromatic N) is 2. The van der Waals surface area contributed by atoms with Crippen molar-refractivity contribution in [1.29, 1.82) is 0 Å². The number of unbranched alkanes of at least 4 members (excludes halogenated alkanes) is 2. The predicted octanol–water partition coefficient (Wildman–Crippen LogP) is 3.39. The molecule has 172 valence electrons. The fraction of sp³-hybridized carbons (Fsp3) is 0.381. The van der Waals surface area contributed by atoms with Crippen molar-refractivity contribution in [3.63, 3.8) is 0 Å². The van der Waals surface area contributed by atoms with Gasteiger partial charge in [-0.2, -0.15) is 0 Å². The molecule has 0 aliphatic rings. The molecular weight excluding hydrogens is 460 g/mol. The van der Waals surface area contributed by atoms with E-state index in [2.05, 4.69) is 4.98 Å². The molecule has 0 aliphatic heterocycles. The van der Waals surface area contributed by atoms with E-state index < -0.39 is 21.8 Å². The van der Waals surface area contributed by atoms with Gasteiger partial charge in [0.15, 0.2) is 18.0 Å². The Morgan fingerprint density at radius 1 is 1.22 bits per heavy atom. The van der Waals surface area contributed by atoms with Crippen LogP contribution in [0.15, 0.2) is 41.1 Å². The zero-order valence-corrected chi connectivity index (χ0v) is 18.8. The van der Waals surface area contributed by atoms with E-state index in [1.165, 1.54) is 0 Å². The number of pyridine rings is 1. The van der Waals surface area contributed by atoms with Gasteiger partial charge >= 0.3 is 5.97 Å². The summed E-state index contributed by atoms with van der Waals surface area (Å²) in [5.74, 6) is -0.426. The van der Waals surface area contributed by atoms with Gasteiger partial charge in [0.1, 0.15) is 22.8 Å². The van der Waals surface area contributed by atoms with Crippen molar-refractivity contribution in [1.82, 2.24) is 4.98 Å². The average Bonchev–Trinajstić information content (AvgIpc) is 3.13. The maximum absolute atomic E-state index is 10.6. The molecule has 2 aromatic heterocycles. The highest BCUT2D eigenvalue weighted by molar-refractivity contribution is 7.85. The van der Waals surface area contributed by atoms with Gasteiger partial charge in [-0.3, -0.25) is 4.79 Å². The Balaban J connectivity index is 1.62. The molecule has 3 aromatic rings. The van der Waals surface area contributed by atoms with Crippen LogP contribution >= 0.6 is 11.6 Å². The Morgan fingerprint density at radius 2 is 2.03 bits per heavy atom. The summed E-state index contributed by atoms with van der Waals surface area (Å²) in [7, 11) is -4.25. The first-order chi connectivity index (χ1) is 15.2. The summed E-state index contributed by atoms with van der Waals surface area (Å²) in [5.41, 5.74) is 1.73. The largest absolute Gasteiger partial charge is 0.748 e. The van der Waals surface area contributed by atoms with Crippen molar-refractivity contribution in [2.24, 2.45) is 0 Å². The number of ether oxygens (including phenoxy) is 1. The minimum absolute atomic E-state index is 0.0921. The van der Waals surface area contributed by atoms with Crippen molar-refractivity contribution >= 4 is 38.8 Å². The summed E-state index contributed by atoms with van der Waals surface area (Å²) < 4.78 is 45.2. The minimum atomic E-state index is -4.25. The van der Waals surface area contributed by atoms with E-state index >= 15 is 0 Å². The molecule has 0 atom stereocenters. The lowest BCUT2D eigenvalue weighted by molar-refractivity contribution is -0.697. The minimum Gasteiger partial charge on any atom is -0.748 e. The van der Waals surface area contributed by atoms with Crippen molar-refractivity contribution in [2.45, 2.75) is 38.6 Å². The number of aliphatic carboxylic acids is 1.